The van der Waals surface area contributed by atoms with Crippen LogP contribution in [0.3, 0.4) is 0 Å². The number of thioether (sulfide) groups is 1. The molecule has 0 unspecified atom stereocenters. The van der Waals surface area contributed by atoms with Gasteiger partial charge in [-0.15, -0.1) is 11.3 Å². The highest BCUT2D eigenvalue weighted by Gasteiger charge is 2.16. The van der Waals surface area contributed by atoms with Gasteiger partial charge in [-0.2, -0.15) is 11.8 Å². The largest absolute Gasteiger partial charge is 0.332 e. The topological polar surface area (TPSA) is 71.0 Å². The maximum Gasteiger partial charge on any atom is 0.317 e. The van der Waals surface area contributed by atoms with Crippen molar-refractivity contribution in [1.82, 2.24) is 25.2 Å². The van der Waals surface area contributed by atoms with Crippen LogP contribution >= 0.6 is 23.1 Å². The maximum atomic E-state index is 12.0. The average Bonchev–Trinajstić information content (AvgIpc) is 3.03. The first-order chi connectivity index (χ1) is 10.3. The molecule has 0 aromatic carbocycles. The fourth-order valence-corrected chi connectivity index (χ4v) is 3.61. The molecular weight excluding hydrogens is 306 g/mol. The summed E-state index contributed by atoms with van der Waals surface area (Å²) < 4.78 is 0. The molecule has 1 fully saturated rings. The number of rotatable bonds is 3. The summed E-state index contributed by atoms with van der Waals surface area (Å²) in [6.45, 7) is 2.07. The first-order valence-electron chi connectivity index (χ1n) is 6.65. The van der Waals surface area contributed by atoms with Crippen LogP contribution in [0.1, 0.15) is 5.69 Å². The Morgan fingerprint density at radius 2 is 2.05 bits per heavy atom. The predicted molar refractivity (Wildman–Crippen MR) is 84.3 cm³/mol. The third-order valence-electron chi connectivity index (χ3n) is 3.03. The summed E-state index contributed by atoms with van der Waals surface area (Å²) in [6, 6.07) is 1.76. The highest BCUT2D eigenvalue weighted by Crippen LogP contribution is 2.19. The molecule has 0 radical (unpaired) electrons. The molecule has 0 bridgehead atoms. The Hall–Kier alpha value is -1.67. The second kappa shape index (κ2) is 6.86. The minimum atomic E-state index is -0.0131. The van der Waals surface area contributed by atoms with E-state index in [9.17, 15) is 4.79 Å². The molecule has 0 aliphatic carbocycles. The minimum absolute atomic E-state index is 0.0131. The fraction of sp³-hybridized carbons (Fsp3) is 0.385. The lowest BCUT2D eigenvalue weighted by Crippen LogP contribution is -2.44. The van der Waals surface area contributed by atoms with E-state index in [1.54, 1.807) is 18.5 Å². The summed E-state index contributed by atoms with van der Waals surface area (Å²) in [7, 11) is 0. The van der Waals surface area contributed by atoms with E-state index >= 15 is 0 Å². The summed E-state index contributed by atoms with van der Waals surface area (Å²) in [6.07, 6.45) is 3.39. The van der Waals surface area contributed by atoms with Gasteiger partial charge in [-0.05, 0) is 6.07 Å². The lowest BCUT2D eigenvalue weighted by Gasteiger charge is -2.26. The van der Waals surface area contributed by atoms with Crippen LogP contribution in [0, 0.1) is 0 Å². The Labute approximate surface area is 131 Å². The molecule has 3 rings (SSSR count). The highest BCUT2D eigenvalue weighted by atomic mass is 32.2. The second-order valence-corrected chi connectivity index (χ2v) is 6.56. The zero-order valence-corrected chi connectivity index (χ0v) is 13.0. The third-order valence-corrected chi connectivity index (χ3v) is 4.86. The van der Waals surface area contributed by atoms with Crippen molar-refractivity contribution >= 4 is 29.1 Å². The number of amides is 2. The second-order valence-electron chi connectivity index (χ2n) is 4.47. The first-order valence-corrected chi connectivity index (χ1v) is 8.68. The monoisotopic (exact) mass is 321 g/mol. The van der Waals surface area contributed by atoms with Gasteiger partial charge < -0.3 is 10.2 Å². The van der Waals surface area contributed by atoms with Crippen LogP contribution in [-0.2, 0) is 6.54 Å². The minimum Gasteiger partial charge on any atom is -0.332 e. The van der Waals surface area contributed by atoms with E-state index in [1.807, 2.05) is 22.0 Å². The zero-order chi connectivity index (χ0) is 14.5. The number of thiazole rings is 1. The number of hydrogen-bond acceptors (Lipinski definition) is 6. The van der Waals surface area contributed by atoms with Gasteiger partial charge in [0, 0.05) is 42.4 Å². The maximum absolute atomic E-state index is 12.0. The molecule has 2 aromatic rings. The third kappa shape index (κ3) is 3.70. The normalized spacial score (nSPS) is 15.0. The van der Waals surface area contributed by atoms with Crippen molar-refractivity contribution in [2.75, 3.05) is 24.6 Å². The molecule has 0 atom stereocenters. The lowest BCUT2D eigenvalue weighted by molar-refractivity contribution is 0.202. The Balaban J connectivity index is 1.56. The van der Waals surface area contributed by atoms with Gasteiger partial charge in [0.05, 0.1) is 12.2 Å². The molecule has 2 aromatic heterocycles. The number of hydrogen-bond donors (Lipinski definition) is 1. The van der Waals surface area contributed by atoms with Crippen molar-refractivity contribution in [3.8, 4) is 10.8 Å². The van der Waals surface area contributed by atoms with Crippen molar-refractivity contribution in [3.63, 3.8) is 0 Å². The van der Waals surface area contributed by atoms with Crippen molar-refractivity contribution in [2.24, 2.45) is 0 Å². The van der Waals surface area contributed by atoms with Gasteiger partial charge in [0.15, 0.2) is 10.8 Å². The Bertz CT molecular complexity index is 598. The van der Waals surface area contributed by atoms with Gasteiger partial charge >= 0.3 is 6.03 Å². The smallest absolute Gasteiger partial charge is 0.317 e. The summed E-state index contributed by atoms with van der Waals surface area (Å²) >= 11 is 3.37. The van der Waals surface area contributed by atoms with Crippen LogP contribution in [0.5, 0.6) is 0 Å². The lowest BCUT2D eigenvalue weighted by atomic mass is 10.4. The SMILES string of the molecule is O=C(NCc1csc(-c2ncccn2)n1)N1CCSCC1. The van der Waals surface area contributed by atoms with E-state index in [2.05, 4.69) is 20.3 Å². The van der Waals surface area contributed by atoms with Crippen LogP contribution in [0.2, 0.25) is 0 Å². The van der Waals surface area contributed by atoms with Crippen LogP contribution in [0.15, 0.2) is 23.8 Å². The first kappa shape index (κ1) is 14.3. The van der Waals surface area contributed by atoms with E-state index in [1.165, 1.54) is 11.3 Å². The highest BCUT2D eigenvalue weighted by molar-refractivity contribution is 7.99. The zero-order valence-electron chi connectivity index (χ0n) is 11.4. The quantitative estimate of drug-likeness (QED) is 0.934. The fourth-order valence-electron chi connectivity index (χ4n) is 1.94. The van der Waals surface area contributed by atoms with Gasteiger partial charge in [-0.1, -0.05) is 0 Å². The van der Waals surface area contributed by atoms with Crippen molar-refractivity contribution in [3.05, 3.63) is 29.5 Å². The van der Waals surface area contributed by atoms with Gasteiger partial charge in [0.2, 0.25) is 0 Å². The number of carbonyl (C=O) groups is 1. The van der Waals surface area contributed by atoms with Crippen molar-refractivity contribution in [2.45, 2.75) is 6.54 Å². The van der Waals surface area contributed by atoms with Gasteiger partial charge in [0.1, 0.15) is 0 Å². The van der Waals surface area contributed by atoms with E-state index < -0.39 is 0 Å². The molecule has 21 heavy (non-hydrogen) atoms. The summed E-state index contributed by atoms with van der Waals surface area (Å²) in [5.41, 5.74) is 0.835. The van der Waals surface area contributed by atoms with E-state index in [0.717, 1.165) is 35.3 Å². The summed E-state index contributed by atoms with van der Waals surface area (Å²) in [5, 5.41) is 5.62. The molecule has 8 heteroatoms. The Morgan fingerprint density at radius 3 is 2.81 bits per heavy atom. The molecule has 0 saturated carbocycles. The van der Waals surface area contributed by atoms with Gasteiger partial charge in [-0.25, -0.2) is 19.7 Å². The number of aromatic nitrogens is 3. The Morgan fingerprint density at radius 1 is 1.29 bits per heavy atom. The van der Waals surface area contributed by atoms with Crippen LogP contribution < -0.4 is 5.32 Å². The molecule has 0 spiro atoms. The predicted octanol–water partition coefficient (Wildman–Crippen LogP) is 1.86. The molecule has 1 aliphatic heterocycles. The molecule has 110 valence electrons. The number of carbonyl (C=O) groups excluding carboxylic acids is 1. The van der Waals surface area contributed by atoms with Crippen molar-refractivity contribution in [1.29, 1.82) is 0 Å². The van der Waals surface area contributed by atoms with Gasteiger partial charge in [0.25, 0.3) is 0 Å². The van der Waals surface area contributed by atoms with Crippen LogP contribution in [-0.4, -0.2) is 50.5 Å². The van der Waals surface area contributed by atoms with E-state index in [-0.39, 0.29) is 6.03 Å². The standard InChI is InChI=1S/C13H15N5OS2/c19-13(18-4-6-20-7-5-18)16-8-10-9-21-12(17-10)11-14-2-1-3-15-11/h1-3,9H,4-8H2,(H,16,19). The van der Waals surface area contributed by atoms with Gasteiger partial charge in [-0.3, -0.25) is 0 Å². The van der Waals surface area contributed by atoms with E-state index in [4.69, 9.17) is 0 Å². The molecule has 1 N–H and O–H groups in total. The van der Waals surface area contributed by atoms with Crippen molar-refractivity contribution < 1.29 is 4.79 Å². The molecule has 1 saturated heterocycles. The molecule has 2 amide bonds. The number of nitrogens with zero attached hydrogens (tertiary/aromatic N) is 4. The van der Waals surface area contributed by atoms with Crippen LogP contribution in [0.4, 0.5) is 4.79 Å². The molecule has 1 aliphatic rings. The average molecular weight is 321 g/mol. The van der Waals surface area contributed by atoms with Crippen LogP contribution in [0.25, 0.3) is 10.8 Å². The number of urea groups is 1. The summed E-state index contributed by atoms with van der Waals surface area (Å²) in [5.74, 6) is 2.65. The number of nitrogens with one attached hydrogen (secondary N) is 1. The Kier molecular flexibility index (Phi) is 4.66. The molecule has 3 heterocycles. The summed E-state index contributed by atoms with van der Waals surface area (Å²) in [4.78, 5) is 26.6. The molecular formula is C13H15N5OS2. The van der Waals surface area contributed by atoms with E-state index in [0.29, 0.717) is 12.4 Å². The molecule has 6 nitrogen and oxygen atoms in total.